The molecule has 0 aliphatic carbocycles. The molecule has 1 aliphatic heterocycles. The van der Waals surface area contributed by atoms with Crippen molar-refractivity contribution in [1.29, 1.82) is 0 Å². The van der Waals surface area contributed by atoms with Crippen molar-refractivity contribution in [3.8, 4) is 0 Å². The molecule has 0 saturated carbocycles. The number of ether oxygens (including phenoxy) is 2. The van der Waals surface area contributed by atoms with Crippen LogP contribution in [0.3, 0.4) is 0 Å². The maximum absolute atomic E-state index is 11.9. The summed E-state index contributed by atoms with van der Waals surface area (Å²) < 4.78 is 10.7. The summed E-state index contributed by atoms with van der Waals surface area (Å²) in [4.78, 5) is 14.2. The average Bonchev–Trinajstić information content (AvgIpc) is 2.47. The Labute approximate surface area is 131 Å². The molecule has 2 rings (SSSR count). The number of amides is 2. The van der Waals surface area contributed by atoms with Gasteiger partial charge in [-0.3, -0.25) is 0 Å². The lowest BCUT2D eigenvalue weighted by Crippen LogP contribution is -2.45. The van der Waals surface area contributed by atoms with Crippen molar-refractivity contribution in [2.75, 3.05) is 43.6 Å². The van der Waals surface area contributed by atoms with Gasteiger partial charge in [-0.25, -0.2) is 4.79 Å². The molecule has 1 aromatic rings. The topological polar surface area (TPSA) is 62.8 Å². The summed E-state index contributed by atoms with van der Waals surface area (Å²) in [6, 6.07) is 7.61. The van der Waals surface area contributed by atoms with Crippen molar-refractivity contribution in [3.05, 3.63) is 24.3 Å². The molecule has 6 heteroatoms. The van der Waals surface area contributed by atoms with E-state index < -0.39 is 0 Å². The monoisotopic (exact) mass is 307 g/mol. The van der Waals surface area contributed by atoms with E-state index in [2.05, 4.69) is 29.4 Å². The number of methoxy groups -OCH3 is 1. The molecule has 6 nitrogen and oxygen atoms in total. The normalized spacial score (nSPS) is 21.5. The van der Waals surface area contributed by atoms with Crippen LogP contribution in [0.25, 0.3) is 0 Å². The number of benzene rings is 1. The molecule has 0 spiro atoms. The van der Waals surface area contributed by atoms with Gasteiger partial charge in [0.1, 0.15) is 0 Å². The van der Waals surface area contributed by atoms with E-state index in [9.17, 15) is 4.79 Å². The fourth-order valence-corrected chi connectivity index (χ4v) is 2.66. The predicted molar refractivity (Wildman–Crippen MR) is 87.6 cm³/mol. The standard InChI is InChI=1S/C16H25N3O3/c1-12-10-19(11-13(2)22-12)15-7-5-4-6-14(15)18-16(20)17-8-9-21-3/h4-7,12-13H,8-11H2,1-3H3,(H2,17,18,20)/t12-,13+. The van der Waals surface area contributed by atoms with E-state index in [1.807, 2.05) is 24.3 Å². The van der Waals surface area contributed by atoms with E-state index in [1.54, 1.807) is 7.11 Å². The van der Waals surface area contributed by atoms with Crippen LogP contribution >= 0.6 is 0 Å². The van der Waals surface area contributed by atoms with Gasteiger partial charge in [-0.15, -0.1) is 0 Å². The number of anilines is 2. The van der Waals surface area contributed by atoms with E-state index in [0.29, 0.717) is 13.2 Å². The van der Waals surface area contributed by atoms with Crippen LogP contribution in [0.15, 0.2) is 24.3 Å². The first-order valence-corrected chi connectivity index (χ1v) is 7.63. The number of nitrogens with zero attached hydrogens (tertiary/aromatic N) is 1. The molecule has 1 saturated heterocycles. The number of morpholine rings is 1. The van der Waals surface area contributed by atoms with E-state index in [4.69, 9.17) is 9.47 Å². The lowest BCUT2D eigenvalue weighted by Gasteiger charge is -2.37. The smallest absolute Gasteiger partial charge is 0.319 e. The number of hydrogen-bond donors (Lipinski definition) is 2. The molecule has 1 heterocycles. The Bertz CT molecular complexity index is 485. The zero-order valence-electron chi connectivity index (χ0n) is 13.5. The molecule has 22 heavy (non-hydrogen) atoms. The fraction of sp³-hybridized carbons (Fsp3) is 0.562. The largest absolute Gasteiger partial charge is 0.383 e. The molecule has 2 amide bonds. The molecule has 0 bridgehead atoms. The van der Waals surface area contributed by atoms with Crippen molar-refractivity contribution >= 4 is 17.4 Å². The van der Waals surface area contributed by atoms with Crippen molar-refractivity contribution < 1.29 is 14.3 Å². The van der Waals surface area contributed by atoms with Gasteiger partial charge in [-0.1, -0.05) is 12.1 Å². The van der Waals surface area contributed by atoms with Crippen molar-refractivity contribution in [2.45, 2.75) is 26.1 Å². The Hall–Kier alpha value is -1.79. The summed E-state index contributed by atoms with van der Waals surface area (Å²) >= 11 is 0. The Morgan fingerprint density at radius 1 is 1.32 bits per heavy atom. The van der Waals surface area contributed by atoms with Crippen molar-refractivity contribution in [2.24, 2.45) is 0 Å². The van der Waals surface area contributed by atoms with Gasteiger partial charge in [0, 0.05) is 26.7 Å². The SMILES string of the molecule is COCCNC(=O)Nc1ccccc1N1C[C@@H](C)O[C@@H](C)C1. The quantitative estimate of drug-likeness (QED) is 0.818. The Morgan fingerprint density at radius 3 is 2.68 bits per heavy atom. The number of carbonyl (C=O) groups excluding carboxylic acids is 1. The fourth-order valence-electron chi connectivity index (χ4n) is 2.66. The number of hydrogen-bond acceptors (Lipinski definition) is 4. The summed E-state index contributed by atoms with van der Waals surface area (Å²) in [6.45, 7) is 6.73. The van der Waals surface area contributed by atoms with Crippen LogP contribution in [0.5, 0.6) is 0 Å². The third-order valence-electron chi connectivity index (χ3n) is 3.50. The van der Waals surface area contributed by atoms with Crippen LogP contribution in [0, 0.1) is 0 Å². The molecule has 1 aromatic carbocycles. The maximum atomic E-state index is 11.9. The van der Waals surface area contributed by atoms with Gasteiger partial charge in [0.25, 0.3) is 0 Å². The summed E-state index contributed by atoms with van der Waals surface area (Å²) in [6.07, 6.45) is 0.347. The third-order valence-corrected chi connectivity index (χ3v) is 3.50. The van der Waals surface area contributed by atoms with Gasteiger partial charge in [0.05, 0.1) is 30.2 Å². The summed E-state index contributed by atoms with van der Waals surface area (Å²) in [7, 11) is 1.61. The highest BCUT2D eigenvalue weighted by molar-refractivity contribution is 5.93. The van der Waals surface area contributed by atoms with Crippen LogP contribution in [0.2, 0.25) is 0 Å². The van der Waals surface area contributed by atoms with Crippen molar-refractivity contribution in [1.82, 2.24) is 5.32 Å². The number of urea groups is 1. The van der Waals surface area contributed by atoms with Gasteiger partial charge >= 0.3 is 6.03 Å². The Kier molecular flexibility index (Phi) is 6.03. The number of para-hydroxylation sites is 2. The lowest BCUT2D eigenvalue weighted by molar-refractivity contribution is -0.00517. The first-order chi connectivity index (χ1) is 10.6. The second kappa shape index (κ2) is 8.00. The molecule has 2 N–H and O–H groups in total. The number of rotatable bonds is 5. The predicted octanol–water partition coefficient (Wildman–Crippen LogP) is 2.07. The second-order valence-electron chi connectivity index (χ2n) is 5.55. The highest BCUT2D eigenvalue weighted by atomic mass is 16.5. The molecule has 122 valence electrons. The van der Waals surface area contributed by atoms with Crippen LogP contribution in [-0.2, 0) is 9.47 Å². The molecule has 0 unspecified atom stereocenters. The zero-order valence-corrected chi connectivity index (χ0v) is 13.5. The second-order valence-corrected chi connectivity index (χ2v) is 5.55. The van der Waals surface area contributed by atoms with Crippen molar-refractivity contribution in [3.63, 3.8) is 0 Å². The van der Waals surface area contributed by atoms with E-state index in [1.165, 1.54) is 0 Å². The lowest BCUT2D eigenvalue weighted by atomic mass is 10.1. The summed E-state index contributed by atoms with van der Waals surface area (Å²) in [5.74, 6) is 0. The van der Waals surface area contributed by atoms with Gasteiger partial charge < -0.3 is 25.0 Å². The minimum Gasteiger partial charge on any atom is -0.383 e. The van der Waals surface area contributed by atoms with Gasteiger partial charge in [0.15, 0.2) is 0 Å². The van der Waals surface area contributed by atoms with E-state index in [-0.39, 0.29) is 18.2 Å². The first-order valence-electron chi connectivity index (χ1n) is 7.63. The average molecular weight is 307 g/mol. The molecule has 0 aromatic heterocycles. The van der Waals surface area contributed by atoms with Gasteiger partial charge in [0.2, 0.25) is 0 Å². The molecule has 1 aliphatic rings. The molecule has 1 fully saturated rings. The van der Waals surface area contributed by atoms with Crippen LogP contribution in [-0.4, -0.2) is 51.6 Å². The molecule has 2 atom stereocenters. The Morgan fingerprint density at radius 2 is 2.00 bits per heavy atom. The highest BCUT2D eigenvalue weighted by Crippen LogP contribution is 2.28. The zero-order chi connectivity index (χ0) is 15.9. The van der Waals surface area contributed by atoms with Crippen LogP contribution < -0.4 is 15.5 Å². The minimum atomic E-state index is -0.223. The van der Waals surface area contributed by atoms with Crippen LogP contribution in [0.4, 0.5) is 16.2 Å². The highest BCUT2D eigenvalue weighted by Gasteiger charge is 2.24. The maximum Gasteiger partial charge on any atom is 0.319 e. The van der Waals surface area contributed by atoms with Crippen LogP contribution in [0.1, 0.15) is 13.8 Å². The summed E-state index contributed by atoms with van der Waals surface area (Å²) in [5, 5.41) is 5.67. The number of nitrogens with one attached hydrogen (secondary N) is 2. The molecular weight excluding hydrogens is 282 g/mol. The first kappa shape index (κ1) is 16.6. The Balaban J connectivity index is 2.04. The molecular formula is C16H25N3O3. The number of carbonyl (C=O) groups is 1. The van der Waals surface area contributed by atoms with Gasteiger partial charge in [-0.2, -0.15) is 0 Å². The van der Waals surface area contributed by atoms with Gasteiger partial charge in [-0.05, 0) is 26.0 Å². The third kappa shape index (κ3) is 4.61. The minimum absolute atomic E-state index is 0.173. The van der Waals surface area contributed by atoms with E-state index in [0.717, 1.165) is 24.5 Å². The molecule has 0 radical (unpaired) electrons. The van der Waals surface area contributed by atoms with E-state index >= 15 is 0 Å². The summed E-state index contributed by atoms with van der Waals surface area (Å²) in [5.41, 5.74) is 1.82.